The van der Waals surface area contributed by atoms with Gasteiger partial charge in [0.05, 0.1) is 5.56 Å². The molecule has 0 aliphatic carbocycles. The van der Waals surface area contributed by atoms with Crippen LogP contribution in [-0.2, 0) is 0 Å². The van der Waals surface area contributed by atoms with Gasteiger partial charge in [-0.3, -0.25) is 4.79 Å². The van der Waals surface area contributed by atoms with E-state index in [1.54, 1.807) is 0 Å². The minimum atomic E-state index is -0.0399. The average Bonchev–Trinajstić information content (AvgIpc) is 2.70. The van der Waals surface area contributed by atoms with Crippen molar-refractivity contribution in [1.29, 1.82) is 0 Å². The zero-order chi connectivity index (χ0) is 13.4. The van der Waals surface area contributed by atoms with E-state index in [2.05, 4.69) is 0 Å². The largest absolute Gasteiger partial charge is 0.452 e. The second kappa shape index (κ2) is 4.39. The third-order valence-corrected chi connectivity index (χ3v) is 3.30. The highest BCUT2D eigenvalue weighted by atomic mass is 16.5. The van der Waals surface area contributed by atoms with E-state index in [4.69, 9.17) is 4.74 Å². The summed E-state index contributed by atoms with van der Waals surface area (Å²) in [7, 11) is 0. The molecule has 0 unspecified atom stereocenters. The standard InChI is InChI=1S/C17H14O2/c1-11-7-8-15-14(9-11)17(18)16(19-15)10-13-6-4-3-5-12(13)2/h3-10H,1-2H3/b16-10-. The van der Waals surface area contributed by atoms with Gasteiger partial charge in [-0.2, -0.15) is 0 Å². The van der Waals surface area contributed by atoms with Crippen LogP contribution in [-0.4, -0.2) is 5.78 Å². The molecule has 0 bridgehead atoms. The van der Waals surface area contributed by atoms with E-state index in [-0.39, 0.29) is 5.78 Å². The normalized spacial score (nSPS) is 15.5. The molecule has 0 fully saturated rings. The molecule has 2 nitrogen and oxygen atoms in total. The quantitative estimate of drug-likeness (QED) is 0.717. The number of allylic oxidation sites excluding steroid dienone is 1. The molecule has 3 rings (SSSR count). The summed E-state index contributed by atoms with van der Waals surface area (Å²) in [4.78, 5) is 12.3. The van der Waals surface area contributed by atoms with Gasteiger partial charge in [0, 0.05) is 0 Å². The minimum absolute atomic E-state index is 0.0399. The van der Waals surface area contributed by atoms with E-state index in [1.165, 1.54) is 0 Å². The van der Waals surface area contributed by atoms with Crippen molar-refractivity contribution in [1.82, 2.24) is 0 Å². The van der Waals surface area contributed by atoms with Gasteiger partial charge in [-0.25, -0.2) is 0 Å². The molecule has 0 atom stereocenters. The van der Waals surface area contributed by atoms with Gasteiger partial charge in [0.2, 0.25) is 5.78 Å². The summed E-state index contributed by atoms with van der Waals surface area (Å²) < 4.78 is 5.64. The maximum Gasteiger partial charge on any atom is 0.231 e. The number of fused-ring (bicyclic) bond motifs is 1. The zero-order valence-electron chi connectivity index (χ0n) is 10.9. The lowest BCUT2D eigenvalue weighted by Gasteiger charge is -2.01. The smallest absolute Gasteiger partial charge is 0.231 e. The lowest BCUT2D eigenvalue weighted by molar-refractivity contribution is 0.101. The van der Waals surface area contributed by atoms with Crippen LogP contribution < -0.4 is 4.74 Å². The van der Waals surface area contributed by atoms with E-state index < -0.39 is 0 Å². The first kappa shape index (κ1) is 11.7. The predicted molar refractivity (Wildman–Crippen MR) is 75.3 cm³/mol. The van der Waals surface area contributed by atoms with E-state index in [0.29, 0.717) is 17.1 Å². The summed E-state index contributed by atoms with van der Waals surface area (Å²) in [6.45, 7) is 3.99. The summed E-state index contributed by atoms with van der Waals surface area (Å²) in [5.41, 5.74) is 3.85. The van der Waals surface area contributed by atoms with Crippen molar-refractivity contribution in [3.63, 3.8) is 0 Å². The van der Waals surface area contributed by atoms with Gasteiger partial charge < -0.3 is 4.74 Å². The van der Waals surface area contributed by atoms with Crippen LogP contribution in [0.25, 0.3) is 6.08 Å². The maximum absolute atomic E-state index is 12.3. The van der Waals surface area contributed by atoms with Crippen molar-refractivity contribution < 1.29 is 9.53 Å². The molecule has 0 aromatic heterocycles. The van der Waals surface area contributed by atoms with E-state index in [0.717, 1.165) is 16.7 Å². The number of hydrogen-bond donors (Lipinski definition) is 0. The van der Waals surface area contributed by atoms with Crippen LogP contribution in [0.1, 0.15) is 27.0 Å². The fourth-order valence-electron chi connectivity index (χ4n) is 2.19. The molecule has 19 heavy (non-hydrogen) atoms. The second-order valence-electron chi connectivity index (χ2n) is 4.80. The minimum Gasteiger partial charge on any atom is -0.452 e. The number of aryl methyl sites for hydroxylation is 2. The van der Waals surface area contributed by atoms with Crippen LogP contribution in [0, 0.1) is 13.8 Å². The number of hydrogen-bond acceptors (Lipinski definition) is 2. The number of ketones is 1. The molecule has 2 heteroatoms. The molecule has 0 amide bonds. The number of ether oxygens (including phenoxy) is 1. The van der Waals surface area contributed by atoms with Gasteiger partial charge in [0.25, 0.3) is 0 Å². The molecule has 0 saturated carbocycles. The van der Waals surface area contributed by atoms with Crippen LogP contribution in [0.2, 0.25) is 0 Å². The van der Waals surface area contributed by atoms with Crippen molar-refractivity contribution in [2.24, 2.45) is 0 Å². The molecule has 0 N–H and O–H groups in total. The molecular formula is C17H14O2. The van der Waals surface area contributed by atoms with E-state index in [1.807, 2.05) is 62.4 Å². The van der Waals surface area contributed by atoms with Gasteiger partial charge in [-0.05, 0) is 43.2 Å². The molecule has 2 aromatic rings. The Labute approximate surface area is 112 Å². The van der Waals surface area contributed by atoms with Gasteiger partial charge in [-0.1, -0.05) is 35.9 Å². The van der Waals surface area contributed by atoms with Crippen LogP contribution in [0.15, 0.2) is 48.2 Å². The number of rotatable bonds is 1. The van der Waals surface area contributed by atoms with E-state index >= 15 is 0 Å². The Kier molecular flexibility index (Phi) is 2.71. The molecule has 1 aliphatic heterocycles. The Morgan fingerprint density at radius 1 is 1.05 bits per heavy atom. The van der Waals surface area contributed by atoms with Crippen molar-refractivity contribution in [3.8, 4) is 5.75 Å². The fourth-order valence-corrected chi connectivity index (χ4v) is 2.19. The second-order valence-corrected chi connectivity index (χ2v) is 4.80. The molecule has 0 saturated heterocycles. The van der Waals surface area contributed by atoms with Gasteiger partial charge >= 0.3 is 0 Å². The Morgan fingerprint density at radius 2 is 1.84 bits per heavy atom. The van der Waals surface area contributed by atoms with Crippen molar-refractivity contribution in [2.75, 3.05) is 0 Å². The van der Waals surface area contributed by atoms with Crippen LogP contribution in [0.4, 0.5) is 0 Å². The Hall–Kier alpha value is -2.35. The number of benzene rings is 2. The van der Waals surface area contributed by atoms with E-state index in [9.17, 15) is 4.79 Å². The summed E-state index contributed by atoms with van der Waals surface area (Å²) in [5.74, 6) is 1.01. The SMILES string of the molecule is Cc1ccc2c(c1)C(=O)/C(=C/c1ccccc1C)O2. The molecule has 1 heterocycles. The molecule has 94 valence electrons. The van der Waals surface area contributed by atoms with Gasteiger partial charge in [0.1, 0.15) is 5.75 Å². The van der Waals surface area contributed by atoms with Crippen LogP contribution >= 0.6 is 0 Å². The lowest BCUT2D eigenvalue weighted by Crippen LogP contribution is -1.98. The molecule has 0 spiro atoms. The highest BCUT2D eigenvalue weighted by Gasteiger charge is 2.27. The highest BCUT2D eigenvalue weighted by molar-refractivity contribution is 6.14. The van der Waals surface area contributed by atoms with Crippen LogP contribution in [0.3, 0.4) is 0 Å². The number of Topliss-reactive ketones (excluding diaryl/α,β-unsaturated/α-hetero) is 1. The summed E-state index contributed by atoms with van der Waals surface area (Å²) >= 11 is 0. The summed E-state index contributed by atoms with van der Waals surface area (Å²) in [6.07, 6.45) is 1.81. The van der Waals surface area contributed by atoms with Crippen molar-refractivity contribution in [3.05, 3.63) is 70.5 Å². The summed E-state index contributed by atoms with van der Waals surface area (Å²) in [5, 5.41) is 0. The first-order valence-corrected chi connectivity index (χ1v) is 6.26. The number of carbonyl (C=O) groups is 1. The Balaban J connectivity index is 2.03. The first-order valence-electron chi connectivity index (χ1n) is 6.26. The predicted octanol–water partition coefficient (Wildman–Crippen LogP) is 3.92. The average molecular weight is 250 g/mol. The summed E-state index contributed by atoms with van der Waals surface area (Å²) in [6, 6.07) is 13.6. The van der Waals surface area contributed by atoms with Crippen molar-refractivity contribution in [2.45, 2.75) is 13.8 Å². The van der Waals surface area contributed by atoms with Crippen molar-refractivity contribution >= 4 is 11.9 Å². The van der Waals surface area contributed by atoms with Gasteiger partial charge in [-0.15, -0.1) is 0 Å². The number of carbonyl (C=O) groups excluding carboxylic acids is 1. The zero-order valence-corrected chi connectivity index (χ0v) is 10.9. The Bertz CT molecular complexity index is 696. The molecular weight excluding hydrogens is 236 g/mol. The fraction of sp³-hybridized carbons (Fsp3) is 0.118. The molecule has 1 aliphatic rings. The van der Waals surface area contributed by atoms with Gasteiger partial charge in [0.15, 0.2) is 5.76 Å². The third kappa shape index (κ3) is 2.06. The maximum atomic E-state index is 12.3. The molecule has 0 radical (unpaired) electrons. The highest BCUT2D eigenvalue weighted by Crippen LogP contribution is 2.32. The first-order chi connectivity index (χ1) is 9.15. The molecule has 2 aromatic carbocycles. The van der Waals surface area contributed by atoms with Crippen LogP contribution in [0.5, 0.6) is 5.75 Å². The third-order valence-electron chi connectivity index (χ3n) is 3.30. The lowest BCUT2D eigenvalue weighted by atomic mass is 10.0. The Morgan fingerprint density at radius 3 is 2.63 bits per heavy atom. The topological polar surface area (TPSA) is 26.3 Å². The monoisotopic (exact) mass is 250 g/mol.